The third-order valence-electron chi connectivity index (χ3n) is 5.04. The van der Waals surface area contributed by atoms with Crippen LogP contribution in [0.4, 0.5) is 11.4 Å². The van der Waals surface area contributed by atoms with Gasteiger partial charge in [-0.05, 0) is 48.9 Å². The predicted molar refractivity (Wildman–Crippen MR) is 132 cm³/mol. The average molecular weight is 496 g/mol. The first kappa shape index (κ1) is 23.5. The van der Waals surface area contributed by atoms with Crippen LogP contribution >= 0.6 is 11.6 Å². The standard InChI is InChI=1S/C25H22ClN3O4S/c1-17-7-10-21(15-23(17)34(31,32)29-20-11-8-19(26)9-12-20)28-24(30)13-14-25-27-16-22(33-25)18-5-3-2-4-6-18/h2-12,15-16,29H,13-14H2,1H3,(H,28,30). The van der Waals surface area contributed by atoms with E-state index in [1.807, 2.05) is 30.3 Å². The van der Waals surface area contributed by atoms with Crippen LogP contribution in [0.5, 0.6) is 0 Å². The Kier molecular flexibility index (Phi) is 7.00. The summed E-state index contributed by atoms with van der Waals surface area (Å²) in [5.74, 6) is 0.809. The van der Waals surface area contributed by atoms with Gasteiger partial charge in [-0.15, -0.1) is 0 Å². The van der Waals surface area contributed by atoms with Gasteiger partial charge in [-0.2, -0.15) is 0 Å². The Hall–Kier alpha value is -3.62. The molecular weight excluding hydrogens is 474 g/mol. The van der Waals surface area contributed by atoms with Gasteiger partial charge >= 0.3 is 0 Å². The molecule has 0 aliphatic carbocycles. The van der Waals surface area contributed by atoms with E-state index in [1.54, 1.807) is 49.5 Å². The highest BCUT2D eigenvalue weighted by atomic mass is 35.5. The maximum Gasteiger partial charge on any atom is 0.262 e. The number of nitrogens with zero attached hydrogens (tertiary/aromatic N) is 1. The molecule has 4 aromatic rings. The van der Waals surface area contributed by atoms with Gasteiger partial charge in [0.2, 0.25) is 5.91 Å². The molecule has 0 unspecified atom stereocenters. The molecule has 0 saturated carbocycles. The summed E-state index contributed by atoms with van der Waals surface area (Å²) in [6, 6.07) is 20.7. The third-order valence-corrected chi connectivity index (χ3v) is 6.81. The number of carbonyl (C=O) groups is 1. The topological polar surface area (TPSA) is 101 Å². The van der Waals surface area contributed by atoms with Gasteiger partial charge in [-0.1, -0.05) is 48.0 Å². The van der Waals surface area contributed by atoms with Gasteiger partial charge in [-0.3, -0.25) is 9.52 Å². The molecule has 7 nitrogen and oxygen atoms in total. The highest BCUT2D eigenvalue weighted by molar-refractivity contribution is 7.92. The van der Waals surface area contributed by atoms with Crippen LogP contribution in [0.3, 0.4) is 0 Å². The molecule has 1 aromatic heterocycles. The van der Waals surface area contributed by atoms with E-state index in [0.717, 1.165) is 5.56 Å². The molecule has 174 valence electrons. The number of aromatic nitrogens is 1. The van der Waals surface area contributed by atoms with Crippen molar-refractivity contribution in [3.05, 3.63) is 95.5 Å². The molecule has 0 aliphatic heterocycles. The Labute approximate surface area is 202 Å². The third kappa shape index (κ3) is 5.84. The van der Waals surface area contributed by atoms with Gasteiger partial charge < -0.3 is 9.73 Å². The van der Waals surface area contributed by atoms with E-state index in [4.69, 9.17) is 16.0 Å². The lowest BCUT2D eigenvalue weighted by atomic mass is 10.2. The number of hydrogen-bond donors (Lipinski definition) is 2. The minimum Gasteiger partial charge on any atom is -0.441 e. The van der Waals surface area contributed by atoms with E-state index in [-0.39, 0.29) is 17.2 Å². The minimum absolute atomic E-state index is 0.0699. The maximum atomic E-state index is 12.9. The van der Waals surface area contributed by atoms with Crippen molar-refractivity contribution in [2.24, 2.45) is 0 Å². The first-order valence-corrected chi connectivity index (χ1v) is 12.4. The van der Waals surface area contributed by atoms with E-state index in [1.165, 1.54) is 6.07 Å². The minimum atomic E-state index is -3.86. The van der Waals surface area contributed by atoms with Crippen molar-refractivity contribution < 1.29 is 17.6 Å². The van der Waals surface area contributed by atoms with E-state index in [9.17, 15) is 13.2 Å². The van der Waals surface area contributed by atoms with Crippen LogP contribution in [0.25, 0.3) is 11.3 Å². The number of hydrogen-bond acceptors (Lipinski definition) is 5. The zero-order chi connectivity index (χ0) is 24.1. The molecule has 3 aromatic carbocycles. The normalized spacial score (nSPS) is 11.2. The van der Waals surface area contributed by atoms with Crippen molar-refractivity contribution in [2.75, 3.05) is 10.0 Å². The summed E-state index contributed by atoms with van der Waals surface area (Å²) in [6.07, 6.45) is 2.08. The molecule has 0 bridgehead atoms. The number of nitrogens with one attached hydrogen (secondary N) is 2. The molecular formula is C25H22ClN3O4S. The van der Waals surface area contributed by atoms with Crippen LogP contribution in [0.15, 0.2) is 88.3 Å². The molecule has 4 rings (SSSR count). The van der Waals surface area contributed by atoms with Crippen molar-refractivity contribution in [3.8, 4) is 11.3 Å². The lowest BCUT2D eigenvalue weighted by Crippen LogP contribution is -2.16. The predicted octanol–water partition coefficient (Wildman–Crippen LogP) is 5.68. The molecule has 0 radical (unpaired) electrons. The Balaban J connectivity index is 1.40. The Morgan fingerprint density at radius 2 is 1.71 bits per heavy atom. The van der Waals surface area contributed by atoms with E-state index in [2.05, 4.69) is 15.0 Å². The van der Waals surface area contributed by atoms with Crippen molar-refractivity contribution in [3.63, 3.8) is 0 Å². The monoisotopic (exact) mass is 495 g/mol. The summed E-state index contributed by atoms with van der Waals surface area (Å²) in [5, 5.41) is 3.25. The molecule has 1 heterocycles. The quantitative estimate of drug-likeness (QED) is 0.327. The van der Waals surface area contributed by atoms with Crippen LogP contribution in [-0.4, -0.2) is 19.3 Å². The highest BCUT2D eigenvalue weighted by Crippen LogP contribution is 2.24. The van der Waals surface area contributed by atoms with Crippen LogP contribution in [0, 0.1) is 6.92 Å². The van der Waals surface area contributed by atoms with Gasteiger partial charge in [0.15, 0.2) is 11.7 Å². The number of carbonyl (C=O) groups excluding carboxylic acids is 1. The fourth-order valence-electron chi connectivity index (χ4n) is 3.30. The second kappa shape index (κ2) is 10.1. The number of oxazole rings is 1. The number of sulfonamides is 1. The van der Waals surface area contributed by atoms with Gasteiger partial charge in [0.1, 0.15) is 0 Å². The van der Waals surface area contributed by atoms with Gasteiger partial charge in [0.05, 0.1) is 11.1 Å². The summed E-state index contributed by atoms with van der Waals surface area (Å²) in [7, 11) is -3.86. The largest absolute Gasteiger partial charge is 0.441 e. The SMILES string of the molecule is Cc1ccc(NC(=O)CCc2ncc(-c3ccccc3)o2)cc1S(=O)(=O)Nc1ccc(Cl)cc1. The van der Waals surface area contributed by atoms with Crippen molar-refractivity contribution in [2.45, 2.75) is 24.7 Å². The van der Waals surface area contributed by atoms with Gasteiger partial charge in [0, 0.05) is 34.8 Å². The summed E-state index contributed by atoms with van der Waals surface area (Å²) in [5.41, 5.74) is 2.22. The molecule has 0 aliphatic rings. The Morgan fingerprint density at radius 1 is 1.00 bits per heavy atom. The van der Waals surface area contributed by atoms with Crippen LogP contribution < -0.4 is 10.0 Å². The van der Waals surface area contributed by atoms with Crippen molar-refractivity contribution in [1.82, 2.24) is 4.98 Å². The van der Waals surface area contributed by atoms with Crippen molar-refractivity contribution >= 4 is 38.9 Å². The maximum absolute atomic E-state index is 12.9. The Morgan fingerprint density at radius 3 is 2.44 bits per heavy atom. The zero-order valence-electron chi connectivity index (χ0n) is 18.3. The second-order valence-electron chi connectivity index (χ2n) is 7.63. The molecule has 0 atom stereocenters. The van der Waals surface area contributed by atoms with E-state index < -0.39 is 10.0 Å². The lowest BCUT2D eigenvalue weighted by molar-refractivity contribution is -0.116. The summed E-state index contributed by atoms with van der Waals surface area (Å²) < 4.78 is 34.0. The lowest BCUT2D eigenvalue weighted by Gasteiger charge is -2.13. The fourth-order valence-corrected chi connectivity index (χ4v) is 4.76. The number of halogens is 1. The van der Waals surface area contributed by atoms with Crippen LogP contribution in [0.1, 0.15) is 17.9 Å². The molecule has 0 saturated heterocycles. The molecule has 0 fully saturated rings. The highest BCUT2D eigenvalue weighted by Gasteiger charge is 2.18. The van der Waals surface area contributed by atoms with Crippen molar-refractivity contribution in [1.29, 1.82) is 0 Å². The molecule has 0 spiro atoms. The van der Waals surface area contributed by atoms with E-state index >= 15 is 0 Å². The van der Waals surface area contributed by atoms with Crippen LogP contribution in [-0.2, 0) is 21.2 Å². The second-order valence-corrected chi connectivity index (χ2v) is 9.71. The summed E-state index contributed by atoms with van der Waals surface area (Å²) in [4.78, 5) is 16.8. The number of anilines is 2. The molecule has 34 heavy (non-hydrogen) atoms. The molecule has 2 N–H and O–H groups in total. The zero-order valence-corrected chi connectivity index (χ0v) is 19.9. The molecule has 9 heteroatoms. The Bertz CT molecular complexity index is 1400. The number of benzene rings is 3. The van der Waals surface area contributed by atoms with Gasteiger partial charge in [-0.25, -0.2) is 13.4 Å². The van der Waals surface area contributed by atoms with Crippen LogP contribution in [0.2, 0.25) is 5.02 Å². The van der Waals surface area contributed by atoms with E-state index in [0.29, 0.717) is 40.0 Å². The summed E-state index contributed by atoms with van der Waals surface area (Å²) >= 11 is 5.86. The average Bonchev–Trinajstić information content (AvgIpc) is 3.30. The number of aryl methyl sites for hydroxylation is 2. The first-order valence-electron chi connectivity index (χ1n) is 10.5. The van der Waals surface area contributed by atoms with Gasteiger partial charge in [0.25, 0.3) is 10.0 Å². The smallest absolute Gasteiger partial charge is 0.262 e. The summed E-state index contributed by atoms with van der Waals surface area (Å²) in [6.45, 7) is 1.69. The first-order chi connectivity index (χ1) is 16.3. The number of rotatable bonds is 8. The molecule has 1 amide bonds. The number of amides is 1. The fraction of sp³-hybridized carbons (Fsp3) is 0.120.